The van der Waals surface area contributed by atoms with Crippen LogP contribution in [0.4, 0.5) is 0 Å². The van der Waals surface area contributed by atoms with Gasteiger partial charge in [-0.05, 0) is 32.1 Å². The third-order valence-corrected chi connectivity index (χ3v) is 5.02. The number of aliphatic hydroxyl groups is 1. The molecule has 1 aliphatic rings. The minimum absolute atomic E-state index is 0.0173. The monoisotopic (exact) mass is 264 g/mol. The fourth-order valence-corrected chi connectivity index (χ4v) is 3.28. The van der Waals surface area contributed by atoms with E-state index in [4.69, 9.17) is 15.6 Å². The third kappa shape index (κ3) is 4.61. The molecule has 1 fully saturated rings. The Bertz CT molecular complexity index is 376. The predicted octanol–water partition coefficient (Wildman–Crippen LogP) is 0.140. The Morgan fingerprint density at radius 2 is 2.06 bits per heavy atom. The van der Waals surface area contributed by atoms with Gasteiger partial charge in [-0.2, -0.15) is 0 Å². The average molecular weight is 264 g/mol. The van der Waals surface area contributed by atoms with Gasteiger partial charge in [-0.3, -0.25) is 9.57 Å². The highest BCUT2D eigenvalue weighted by Crippen LogP contribution is 2.34. The van der Waals surface area contributed by atoms with Crippen LogP contribution in [0.1, 0.15) is 32.1 Å². The number of rotatable bonds is 7. The van der Waals surface area contributed by atoms with Crippen molar-refractivity contribution in [2.45, 2.75) is 43.7 Å². The standard InChI is InChI=1S/C10H20N2O4S/c11-8(9(13)14)2-6-17(12,16)7-5-10(15)3-1-4-10/h8,12,15H,1-7,11H2,(H,13,14)/t8-,17+/m0/s1. The molecular formula is C10H20N2O4S. The molecule has 1 rings (SSSR count). The van der Waals surface area contributed by atoms with Crippen molar-refractivity contribution in [1.29, 1.82) is 4.78 Å². The maximum absolute atomic E-state index is 11.8. The molecule has 0 radical (unpaired) electrons. The van der Waals surface area contributed by atoms with E-state index in [1.165, 1.54) is 0 Å². The second-order valence-electron chi connectivity index (χ2n) is 4.78. The molecule has 5 N–H and O–H groups in total. The maximum atomic E-state index is 11.8. The second-order valence-corrected chi connectivity index (χ2v) is 7.22. The lowest BCUT2D eigenvalue weighted by atomic mass is 9.78. The summed E-state index contributed by atoms with van der Waals surface area (Å²) in [5, 5.41) is 18.4. The van der Waals surface area contributed by atoms with E-state index >= 15 is 0 Å². The van der Waals surface area contributed by atoms with E-state index < -0.39 is 27.3 Å². The summed E-state index contributed by atoms with van der Waals surface area (Å²) in [7, 11) is -2.82. The van der Waals surface area contributed by atoms with Gasteiger partial charge in [-0.15, -0.1) is 0 Å². The average Bonchev–Trinajstić information content (AvgIpc) is 2.20. The van der Waals surface area contributed by atoms with E-state index in [1.54, 1.807) is 0 Å². The predicted molar refractivity (Wildman–Crippen MR) is 64.2 cm³/mol. The Kier molecular flexibility index (Phi) is 4.51. The van der Waals surface area contributed by atoms with Crippen molar-refractivity contribution < 1.29 is 19.2 Å². The zero-order chi connectivity index (χ0) is 13.1. The molecule has 0 aromatic rings. The summed E-state index contributed by atoms with van der Waals surface area (Å²) in [6.45, 7) is 0. The molecule has 2 atom stereocenters. The molecule has 1 saturated carbocycles. The van der Waals surface area contributed by atoms with Crippen LogP contribution in [0, 0.1) is 4.78 Å². The van der Waals surface area contributed by atoms with Crippen LogP contribution < -0.4 is 5.73 Å². The van der Waals surface area contributed by atoms with Crippen molar-refractivity contribution in [3.8, 4) is 0 Å². The molecule has 6 nitrogen and oxygen atoms in total. The van der Waals surface area contributed by atoms with Gasteiger partial charge >= 0.3 is 5.97 Å². The van der Waals surface area contributed by atoms with E-state index in [0.717, 1.165) is 6.42 Å². The quantitative estimate of drug-likeness (QED) is 0.520. The van der Waals surface area contributed by atoms with Crippen LogP contribution in [0.2, 0.25) is 0 Å². The molecule has 0 bridgehead atoms. The van der Waals surface area contributed by atoms with Crippen LogP contribution >= 0.6 is 0 Å². The largest absolute Gasteiger partial charge is 0.480 e. The van der Waals surface area contributed by atoms with Gasteiger partial charge in [-0.25, -0.2) is 4.21 Å². The lowest BCUT2D eigenvalue weighted by molar-refractivity contribution is -0.138. The van der Waals surface area contributed by atoms with Crippen molar-refractivity contribution in [3.63, 3.8) is 0 Å². The molecular weight excluding hydrogens is 244 g/mol. The first-order valence-electron chi connectivity index (χ1n) is 5.69. The molecule has 0 aromatic carbocycles. The Balaban J connectivity index is 2.33. The smallest absolute Gasteiger partial charge is 0.320 e. The SMILES string of the molecule is N=[S@@](=O)(CC[C@H](N)C(=O)O)CCC1(O)CCC1. The summed E-state index contributed by atoms with van der Waals surface area (Å²) < 4.78 is 19.4. The lowest BCUT2D eigenvalue weighted by Gasteiger charge is -2.36. The van der Waals surface area contributed by atoms with Gasteiger partial charge in [-0.1, -0.05) is 0 Å². The number of hydrogen-bond acceptors (Lipinski definition) is 5. The minimum Gasteiger partial charge on any atom is -0.480 e. The first-order chi connectivity index (χ1) is 7.74. The minimum atomic E-state index is -2.82. The highest BCUT2D eigenvalue weighted by atomic mass is 32.2. The Labute approximate surface area is 101 Å². The van der Waals surface area contributed by atoms with Crippen LogP contribution in [0.15, 0.2) is 0 Å². The van der Waals surface area contributed by atoms with E-state index in [2.05, 4.69) is 0 Å². The van der Waals surface area contributed by atoms with Gasteiger partial charge in [0, 0.05) is 21.2 Å². The van der Waals surface area contributed by atoms with Crippen LogP contribution in [0.3, 0.4) is 0 Å². The highest BCUT2D eigenvalue weighted by Gasteiger charge is 2.34. The zero-order valence-electron chi connectivity index (χ0n) is 9.72. The number of hydrogen-bond donors (Lipinski definition) is 4. The summed E-state index contributed by atoms with van der Waals surface area (Å²) in [4.78, 5) is 10.5. The number of carboxylic acids is 1. The molecule has 7 heteroatoms. The molecule has 0 aromatic heterocycles. The molecule has 0 amide bonds. The van der Waals surface area contributed by atoms with Crippen molar-refractivity contribution in [2.24, 2.45) is 5.73 Å². The number of nitrogens with one attached hydrogen (secondary N) is 1. The zero-order valence-corrected chi connectivity index (χ0v) is 10.5. The van der Waals surface area contributed by atoms with Crippen LogP contribution in [-0.2, 0) is 14.5 Å². The van der Waals surface area contributed by atoms with Crippen LogP contribution in [0.5, 0.6) is 0 Å². The molecule has 0 aliphatic heterocycles. The fourth-order valence-electron chi connectivity index (χ4n) is 1.73. The van der Waals surface area contributed by atoms with E-state index in [-0.39, 0.29) is 17.9 Å². The number of aliphatic carboxylic acids is 1. The molecule has 0 heterocycles. The van der Waals surface area contributed by atoms with Crippen molar-refractivity contribution in [3.05, 3.63) is 0 Å². The van der Waals surface area contributed by atoms with Gasteiger partial charge in [0.15, 0.2) is 0 Å². The van der Waals surface area contributed by atoms with E-state index in [1.807, 2.05) is 0 Å². The number of nitrogens with two attached hydrogens (primary N) is 1. The first-order valence-corrected chi connectivity index (χ1v) is 7.59. The van der Waals surface area contributed by atoms with Gasteiger partial charge in [0.2, 0.25) is 0 Å². The number of carbonyl (C=O) groups is 1. The topological polar surface area (TPSA) is 124 Å². The van der Waals surface area contributed by atoms with E-state index in [9.17, 15) is 14.1 Å². The summed E-state index contributed by atoms with van der Waals surface area (Å²) in [5.41, 5.74) is 4.55. The molecule has 0 unspecified atom stereocenters. The van der Waals surface area contributed by atoms with Crippen molar-refractivity contribution in [1.82, 2.24) is 0 Å². The summed E-state index contributed by atoms with van der Waals surface area (Å²) >= 11 is 0. The summed E-state index contributed by atoms with van der Waals surface area (Å²) in [6, 6.07) is -1.06. The van der Waals surface area contributed by atoms with Crippen LogP contribution in [-0.4, -0.2) is 43.5 Å². The summed E-state index contributed by atoms with van der Waals surface area (Å²) in [6.07, 6.45) is 2.78. The number of carboxylic acid groups (broad SMARTS) is 1. The molecule has 17 heavy (non-hydrogen) atoms. The normalized spacial score (nSPS) is 23.4. The third-order valence-electron chi connectivity index (χ3n) is 3.26. The van der Waals surface area contributed by atoms with Crippen molar-refractivity contribution in [2.75, 3.05) is 11.5 Å². The first kappa shape index (κ1) is 14.4. The molecule has 1 aliphatic carbocycles. The Morgan fingerprint density at radius 3 is 2.47 bits per heavy atom. The molecule has 0 saturated heterocycles. The van der Waals surface area contributed by atoms with Crippen LogP contribution in [0.25, 0.3) is 0 Å². The lowest BCUT2D eigenvalue weighted by Crippen LogP contribution is -2.39. The van der Waals surface area contributed by atoms with Gasteiger partial charge in [0.25, 0.3) is 0 Å². The second kappa shape index (κ2) is 5.32. The van der Waals surface area contributed by atoms with Crippen molar-refractivity contribution >= 4 is 15.7 Å². The highest BCUT2D eigenvalue weighted by molar-refractivity contribution is 7.92. The summed E-state index contributed by atoms with van der Waals surface area (Å²) in [5.74, 6) is -1.04. The maximum Gasteiger partial charge on any atom is 0.320 e. The fraction of sp³-hybridized carbons (Fsp3) is 0.900. The molecule has 0 spiro atoms. The Hall–Kier alpha value is -0.660. The Morgan fingerprint density at radius 1 is 1.47 bits per heavy atom. The van der Waals surface area contributed by atoms with E-state index in [0.29, 0.717) is 19.3 Å². The van der Waals surface area contributed by atoms with Gasteiger partial charge in [0.05, 0.1) is 5.60 Å². The molecule has 100 valence electrons. The van der Waals surface area contributed by atoms with Gasteiger partial charge < -0.3 is 15.9 Å². The van der Waals surface area contributed by atoms with Gasteiger partial charge in [0.1, 0.15) is 6.04 Å².